The summed E-state index contributed by atoms with van der Waals surface area (Å²) in [6.45, 7) is 3.30. The quantitative estimate of drug-likeness (QED) is 0.172. The number of carbonyl (C=O) groups is 2. The van der Waals surface area contributed by atoms with Crippen LogP contribution in [0.15, 0.2) is 47.4 Å². The van der Waals surface area contributed by atoms with Crippen LogP contribution in [-0.2, 0) is 19.6 Å². The molecule has 0 aromatic heterocycles. The molecule has 1 fully saturated rings. The maximum Gasteiger partial charge on any atom is 0.309 e. The predicted octanol–water partition coefficient (Wildman–Crippen LogP) is 3.13. The summed E-state index contributed by atoms with van der Waals surface area (Å²) in [5, 5.41) is 11.0. The number of aryl methyl sites for hydroxylation is 1. The van der Waals surface area contributed by atoms with Crippen LogP contribution in [0.4, 0.5) is 5.69 Å². The summed E-state index contributed by atoms with van der Waals surface area (Å²) in [6, 6.07) is 10.5. The van der Waals surface area contributed by atoms with E-state index in [1.54, 1.807) is 31.2 Å². The van der Waals surface area contributed by atoms with Crippen molar-refractivity contribution >= 4 is 27.5 Å². The molecule has 0 atom stereocenters. The average molecular weight is 491 g/mol. The number of benzene rings is 2. The second-order valence-corrected chi connectivity index (χ2v) is 9.86. The molecule has 3 rings (SSSR count). The zero-order valence-electron chi connectivity index (χ0n) is 18.9. The maximum atomic E-state index is 13.0. The first kappa shape index (κ1) is 25.3. The van der Waals surface area contributed by atoms with Gasteiger partial charge in [0.15, 0.2) is 5.78 Å². The van der Waals surface area contributed by atoms with Crippen LogP contribution in [0.5, 0.6) is 5.75 Å². The van der Waals surface area contributed by atoms with Crippen molar-refractivity contribution in [3.8, 4) is 5.75 Å². The number of nitro benzene ring substituents is 1. The highest BCUT2D eigenvalue weighted by Gasteiger charge is 2.34. The summed E-state index contributed by atoms with van der Waals surface area (Å²) in [6.07, 6.45) is 0.556. The van der Waals surface area contributed by atoms with Crippen LogP contribution in [-0.4, -0.2) is 55.7 Å². The van der Waals surface area contributed by atoms with Crippen LogP contribution in [0.25, 0.3) is 0 Å². The van der Waals surface area contributed by atoms with Crippen LogP contribution >= 0.6 is 0 Å². The third-order valence-corrected chi connectivity index (χ3v) is 7.68. The van der Waals surface area contributed by atoms with E-state index in [1.165, 1.54) is 23.4 Å². The molecule has 0 spiro atoms. The molecule has 0 bridgehead atoms. The number of hydrogen-bond donors (Lipinski definition) is 0. The number of nitro groups is 1. The van der Waals surface area contributed by atoms with E-state index in [2.05, 4.69) is 0 Å². The van der Waals surface area contributed by atoms with Gasteiger partial charge in [-0.25, -0.2) is 8.42 Å². The molecule has 0 aliphatic carbocycles. The second kappa shape index (κ2) is 10.7. The molecule has 2 aromatic rings. The first-order valence-corrected chi connectivity index (χ1v) is 12.2. The van der Waals surface area contributed by atoms with Gasteiger partial charge in [-0.1, -0.05) is 18.2 Å². The van der Waals surface area contributed by atoms with E-state index in [-0.39, 0.29) is 55.5 Å². The minimum Gasteiger partial charge on any atom is -0.489 e. The highest BCUT2D eigenvalue weighted by Crippen LogP contribution is 2.28. The molecule has 1 saturated heterocycles. The van der Waals surface area contributed by atoms with Gasteiger partial charge in [-0.15, -0.1) is 0 Å². The zero-order chi connectivity index (χ0) is 24.9. The van der Waals surface area contributed by atoms with Crippen molar-refractivity contribution in [1.82, 2.24) is 4.31 Å². The number of ketones is 1. The van der Waals surface area contributed by atoms with Crippen molar-refractivity contribution in [3.05, 3.63) is 63.7 Å². The Labute approximate surface area is 197 Å². The Morgan fingerprint density at radius 1 is 1.12 bits per heavy atom. The van der Waals surface area contributed by atoms with E-state index >= 15 is 0 Å². The van der Waals surface area contributed by atoms with Crippen LogP contribution in [0.3, 0.4) is 0 Å². The van der Waals surface area contributed by atoms with Crippen LogP contribution in [0.1, 0.15) is 35.7 Å². The van der Waals surface area contributed by atoms with Crippen molar-refractivity contribution in [2.45, 2.75) is 31.6 Å². The monoisotopic (exact) mass is 490 g/mol. The number of Topliss-reactive ketones (excluding diaryl/α,β-unsaturated/α-hetero) is 1. The Hall–Kier alpha value is -3.31. The third kappa shape index (κ3) is 5.78. The van der Waals surface area contributed by atoms with Crippen molar-refractivity contribution in [3.63, 3.8) is 0 Å². The SMILES string of the molecule is CC(=O)c1ccccc1OCCOC(=O)C1CCN(S(=O)(=O)c2cc([N+](=O)[O-])ccc2C)CC1. The highest BCUT2D eigenvalue weighted by atomic mass is 32.2. The number of nitrogens with zero attached hydrogens (tertiary/aromatic N) is 2. The van der Waals surface area contributed by atoms with E-state index in [4.69, 9.17) is 9.47 Å². The molecule has 0 N–H and O–H groups in total. The lowest BCUT2D eigenvalue weighted by molar-refractivity contribution is -0.385. The summed E-state index contributed by atoms with van der Waals surface area (Å²) >= 11 is 0. The summed E-state index contributed by atoms with van der Waals surface area (Å²) in [4.78, 5) is 34.3. The lowest BCUT2D eigenvalue weighted by atomic mass is 9.98. The minimum atomic E-state index is -3.93. The molecule has 0 saturated carbocycles. The van der Waals surface area contributed by atoms with Crippen molar-refractivity contribution in [2.75, 3.05) is 26.3 Å². The molecule has 1 heterocycles. The first-order valence-electron chi connectivity index (χ1n) is 10.8. The molecule has 1 aliphatic rings. The number of sulfonamides is 1. The first-order chi connectivity index (χ1) is 16.1. The Balaban J connectivity index is 1.52. The van der Waals surface area contributed by atoms with E-state index in [0.29, 0.717) is 16.9 Å². The fraction of sp³-hybridized carbons (Fsp3) is 0.391. The lowest BCUT2D eigenvalue weighted by Gasteiger charge is -2.30. The molecule has 10 nitrogen and oxygen atoms in total. The Kier molecular flexibility index (Phi) is 8.00. The smallest absolute Gasteiger partial charge is 0.309 e. The fourth-order valence-corrected chi connectivity index (χ4v) is 5.46. The van der Waals surface area contributed by atoms with Gasteiger partial charge in [0, 0.05) is 25.2 Å². The Morgan fingerprint density at radius 3 is 2.44 bits per heavy atom. The van der Waals surface area contributed by atoms with Crippen molar-refractivity contribution < 1.29 is 32.4 Å². The Bertz CT molecular complexity index is 1190. The molecule has 0 radical (unpaired) electrons. The summed E-state index contributed by atoms with van der Waals surface area (Å²) in [5.41, 5.74) is 0.565. The predicted molar refractivity (Wildman–Crippen MR) is 122 cm³/mol. The lowest BCUT2D eigenvalue weighted by Crippen LogP contribution is -2.41. The average Bonchev–Trinajstić information content (AvgIpc) is 2.82. The number of esters is 1. The van der Waals surface area contributed by atoms with E-state index in [1.807, 2.05) is 0 Å². The molecule has 34 heavy (non-hydrogen) atoms. The van der Waals surface area contributed by atoms with Crippen LogP contribution in [0.2, 0.25) is 0 Å². The van der Waals surface area contributed by atoms with Gasteiger partial charge < -0.3 is 9.47 Å². The van der Waals surface area contributed by atoms with Crippen LogP contribution < -0.4 is 4.74 Å². The largest absolute Gasteiger partial charge is 0.489 e. The number of non-ortho nitro benzene ring substituents is 1. The zero-order valence-corrected chi connectivity index (χ0v) is 19.7. The van der Waals surface area contributed by atoms with E-state index in [0.717, 1.165) is 6.07 Å². The highest BCUT2D eigenvalue weighted by molar-refractivity contribution is 7.89. The summed E-state index contributed by atoms with van der Waals surface area (Å²) in [5.74, 6) is -0.607. The van der Waals surface area contributed by atoms with Gasteiger partial charge in [-0.3, -0.25) is 19.7 Å². The minimum absolute atomic E-state index is 0.00351. The number of piperidine rings is 1. The van der Waals surface area contributed by atoms with Gasteiger partial charge in [0.1, 0.15) is 19.0 Å². The molecule has 182 valence electrons. The van der Waals surface area contributed by atoms with Gasteiger partial charge in [0.2, 0.25) is 10.0 Å². The molecule has 1 aliphatic heterocycles. The standard InChI is InChI=1S/C23H26N2O8S/c1-16-7-8-19(25(28)29)15-22(16)34(30,31)24-11-9-18(10-12-24)23(27)33-14-13-32-21-6-4-3-5-20(21)17(2)26/h3-8,15,18H,9-14H2,1-2H3. The topological polar surface area (TPSA) is 133 Å². The third-order valence-electron chi connectivity index (χ3n) is 5.64. The van der Waals surface area contributed by atoms with Crippen molar-refractivity contribution in [2.24, 2.45) is 5.92 Å². The molecular formula is C23H26N2O8S. The number of hydrogen-bond acceptors (Lipinski definition) is 8. The fourth-order valence-electron chi connectivity index (χ4n) is 3.75. The van der Waals surface area contributed by atoms with E-state index in [9.17, 15) is 28.1 Å². The van der Waals surface area contributed by atoms with Gasteiger partial charge in [-0.05, 0) is 44.4 Å². The van der Waals surface area contributed by atoms with Gasteiger partial charge in [0.25, 0.3) is 5.69 Å². The Morgan fingerprint density at radius 2 is 1.79 bits per heavy atom. The second-order valence-electron chi connectivity index (χ2n) is 7.95. The maximum absolute atomic E-state index is 13.0. The normalized spacial score (nSPS) is 15.0. The number of rotatable bonds is 9. The van der Waals surface area contributed by atoms with Gasteiger partial charge in [0.05, 0.1) is 21.3 Å². The molecular weight excluding hydrogens is 464 g/mol. The summed E-state index contributed by atoms with van der Waals surface area (Å²) < 4.78 is 38.1. The van der Waals surface area contributed by atoms with E-state index < -0.39 is 26.8 Å². The number of carbonyl (C=O) groups excluding carboxylic acids is 2. The van der Waals surface area contributed by atoms with Gasteiger partial charge >= 0.3 is 5.97 Å². The summed E-state index contributed by atoms with van der Waals surface area (Å²) in [7, 11) is -3.93. The molecule has 2 aromatic carbocycles. The molecule has 11 heteroatoms. The van der Waals surface area contributed by atoms with Crippen LogP contribution in [0, 0.1) is 23.0 Å². The van der Waals surface area contributed by atoms with Gasteiger partial charge in [-0.2, -0.15) is 4.31 Å². The number of ether oxygens (including phenoxy) is 2. The molecule has 0 unspecified atom stereocenters. The molecule has 0 amide bonds. The number of para-hydroxylation sites is 1. The van der Waals surface area contributed by atoms with Crippen molar-refractivity contribution in [1.29, 1.82) is 0 Å².